The predicted octanol–water partition coefficient (Wildman–Crippen LogP) is 3.26. The van der Waals surface area contributed by atoms with Crippen LogP contribution < -0.4 is 15.6 Å². The molecule has 0 aliphatic carbocycles. The van der Waals surface area contributed by atoms with Gasteiger partial charge in [-0.2, -0.15) is 4.98 Å². The average molecular weight is 404 g/mol. The van der Waals surface area contributed by atoms with Gasteiger partial charge in [-0.3, -0.25) is 14.2 Å². The van der Waals surface area contributed by atoms with E-state index in [1.54, 1.807) is 24.3 Å². The summed E-state index contributed by atoms with van der Waals surface area (Å²) in [4.78, 5) is 29.9. The van der Waals surface area contributed by atoms with Crippen LogP contribution in [0.2, 0.25) is 0 Å². The number of amides is 1. The Hall–Kier alpha value is -3.94. The van der Waals surface area contributed by atoms with E-state index in [0.29, 0.717) is 34.8 Å². The summed E-state index contributed by atoms with van der Waals surface area (Å²) in [6.45, 7) is 1.77. The molecule has 2 heterocycles. The first-order valence-corrected chi connectivity index (χ1v) is 9.49. The molecule has 0 fully saturated rings. The van der Waals surface area contributed by atoms with E-state index < -0.39 is 0 Å². The molecule has 0 unspecified atom stereocenters. The van der Waals surface area contributed by atoms with Crippen LogP contribution in [0.3, 0.4) is 0 Å². The van der Waals surface area contributed by atoms with Crippen molar-refractivity contribution in [1.29, 1.82) is 0 Å². The van der Waals surface area contributed by atoms with Gasteiger partial charge in [-0.15, -0.1) is 0 Å². The van der Waals surface area contributed by atoms with Crippen molar-refractivity contribution in [3.63, 3.8) is 0 Å². The monoisotopic (exact) mass is 404 g/mol. The standard InChI is InChI=1S/C22H20N4O4/c1-3-19-24-22(30-25-19)15-12-21(28)26(17-10-6-4-8-14(15)17)13-20(27)23-16-9-5-7-11-18(16)29-2/h4-12H,3,13H2,1-2H3,(H,23,27). The molecule has 2 aromatic carbocycles. The minimum absolute atomic E-state index is 0.151. The fraction of sp³-hybridized carbons (Fsp3) is 0.182. The molecule has 0 radical (unpaired) electrons. The van der Waals surface area contributed by atoms with E-state index in [1.165, 1.54) is 17.7 Å². The van der Waals surface area contributed by atoms with Crippen LogP contribution in [0.5, 0.6) is 5.75 Å². The summed E-state index contributed by atoms with van der Waals surface area (Å²) >= 11 is 0. The average Bonchev–Trinajstić information content (AvgIpc) is 3.25. The van der Waals surface area contributed by atoms with E-state index in [2.05, 4.69) is 15.5 Å². The van der Waals surface area contributed by atoms with Gasteiger partial charge in [-0.05, 0) is 18.2 Å². The smallest absolute Gasteiger partial charge is 0.258 e. The van der Waals surface area contributed by atoms with E-state index in [9.17, 15) is 9.59 Å². The van der Waals surface area contributed by atoms with Gasteiger partial charge in [0.2, 0.25) is 5.91 Å². The second-order valence-corrected chi connectivity index (χ2v) is 6.62. The third-order valence-electron chi connectivity index (χ3n) is 4.72. The highest BCUT2D eigenvalue weighted by Crippen LogP contribution is 2.26. The zero-order valence-corrected chi connectivity index (χ0v) is 16.6. The van der Waals surface area contributed by atoms with Crippen molar-refractivity contribution in [2.45, 2.75) is 19.9 Å². The number of benzene rings is 2. The predicted molar refractivity (Wildman–Crippen MR) is 113 cm³/mol. The Labute approximate surface area is 172 Å². The van der Waals surface area contributed by atoms with Crippen molar-refractivity contribution in [3.8, 4) is 17.2 Å². The first-order chi connectivity index (χ1) is 14.6. The van der Waals surface area contributed by atoms with Crippen LogP contribution in [0.25, 0.3) is 22.4 Å². The van der Waals surface area contributed by atoms with E-state index in [0.717, 1.165) is 5.39 Å². The summed E-state index contributed by atoms with van der Waals surface area (Å²) in [6.07, 6.45) is 0.627. The molecule has 152 valence electrons. The molecule has 0 aliphatic heterocycles. The number of methoxy groups -OCH3 is 1. The van der Waals surface area contributed by atoms with Gasteiger partial charge in [0.15, 0.2) is 5.82 Å². The maximum absolute atomic E-state index is 12.9. The highest BCUT2D eigenvalue weighted by Gasteiger charge is 2.17. The molecule has 1 N–H and O–H groups in total. The van der Waals surface area contributed by atoms with Gasteiger partial charge in [-0.1, -0.05) is 42.4 Å². The lowest BCUT2D eigenvalue weighted by molar-refractivity contribution is -0.116. The van der Waals surface area contributed by atoms with Crippen LogP contribution in [0.4, 0.5) is 5.69 Å². The van der Waals surface area contributed by atoms with Gasteiger partial charge >= 0.3 is 0 Å². The van der Waals surface area contributed by atoms with E-state index in [4.69, 9.17) is 9.26 Å². The summed E-state index contributed by atoms with van der Waals surface area (Å²) < 4.78 is 12.0. The van der Waals surface area contributed by atoms with Gasteiger partial charge in [0.1, 0.15) is 12.3 Å². The second kappa shape index (κ2) is 8.20. The summed E-state index contributed by atoms with van der Waals surface area (Å²) in [5.41, 5.74) is 1.35. The molecular weight excluding hydrogens is 384 g/mol. The van der Waals surface area contributed by atoms with E-state index in [1.807, 2.05) is 31.2 Å². The van der Waals surface area contributed by atoms with Gasteiger partial charge in [0, 0.05) is 17.9 Å². The van der Waals surface area contributed by atoms with Crippen LogP contribution in [-0.4, -0.2) is 27.7 Å². The Balaban J connectivity index is 1.71. The molecule has 8 heteroatoms. The molecule has 4 aromatic rings. The molecule has 2 aromatic heterocycles. The quantitative estimate of drug-likeness (QED) is 0.530. The molecule has 0 saturated carbocycles. The van der Waals surface area contributed by atoms with Crippen molar-refractivity contribution in [2.75, 3.05) is 12.4 Å². The first kappa shape index (κ1) is 19.4. The topological polar surface area (TPSA) is 99.2 Å². The van der Waals surface area contributed by atoms with E-state index >= 15 is 0 Å². The lowest BCUT2D eigenvalue weighted by atomic mass is 10.1. The number of aromatic nitrogens is 3. The highest BCUT2D eigenvalue weighted by molar-refractivity contribution is 5.95. The maximum Gasteiger partial charge on any atom is 0.258 e. The number of nitrogens with zero attached hydrogens (tertiary/aromatic N) is 3. The molecule has 8 nitrogen and oxygen atoms in total. The first-order valence-electron chi connectivity index (χ1n) is 9.49. The number of rotatable bonds is 6. The molecule has 0 bridgehead atoms. The fourth-order valence-corrected chi connectivity index (χ4v) is 3.26. The third kappa shape index (κ3) is 3.67. The zero-order valence-electron chi connectivity index (χ0n) is 16.6. The number of hydrogen-bond acceptors (Lipinski definition) is 6. The number of fused-ring (bicyclic) bond motifs is 1. The highest BCUT2D eigenvalue weighted by atomic mass is 16.5. The van der Waals surface area contributed by atoms with Crippen molar-refractivity contribution >= 4 is 22.5 Å². The summed E-state index contributed by atoms with van der Waals surface area (Å²) in [5.74, 6) is 1.05. The van der Waals surface area contributed by atoms with Gasteiger partial charge in [-0.25, -0.2) is 0 Å². The number of pyridine rings is 1. The van der Waals surface area contributed by atoms with Crippen molar-refractivity contribution in [3.05, 3.63) is 70.8 Å². The van der Waals surface area contributed by atoms with Crippen LogP contribution in [-0.2, 0) is 17.8 Å². The number of aryl methyl sites for hydroxylation is 1. The number of para-hydroxylation sites is 3. The Kier molecular flexibility index (Phi) is 5.30. The molecule has 0 spiro atoms. The van der Waals surface area contributed by atoms with Gasteiger partial charge in [0.25, 0.3) is 11.4 Å². The molecular formula is C22H20N4O4. The van der Waals surface area contributed by atoms with Crippen LogP contribution in [0.15, 0.2) is 63.9 Å². The second-order valence-electron chi connectivity index (χ2n) is 6.62. The molecule has 4 rings (SSSR count). The van der Waals surface area contributed by atoms with Crippen molar-refractivity contribution < 1.29 is 14.1 Å². The molecule has 30 heavy (non-hydrogen) atoms. The molecule has 1 amide bonds. The number of carbonyl (C=O) groups is 1. The molecule has 0 atom stereocenters. The SMILES string of the molecule is CCc1noc(-c2cc(=O)n(CC(=O)Nc3ccccc3OC)c3ccccc23)n1. The maximum atomic E-state index is 12.9. The number of carbonyl (C=O) groups excluding carboxylic acids is 1. The Morgan fingerprint density at radius 3 is 2.70 bits per heavy atom. The van der Waals surface area contributed by atoms with Crippen LogP contribution in [0, 0.1) is 0 Å². The molecule has 0 saturated heterocycles. The Bertz CT molecular complexity index is 1280. The molecule has 0 aliphatic rings. The summed E-state index contributed by atoms with van der Waals surface area (Å²) in [5, 5.41) is 7.45. The van der Waals surface area contributed by atoms with E-state index in [-0.39, 0.29) is 23.9 Å². The minimum atomic E-state index is -0.342. The summed E-state index contributed by atoms with van der Waals surface area (Å²) in [6, 6.07) is 15.8. The minimum Gasteiger partial charge on any atom is -0.495 e. The lowest BCUT2D eigenvalue weighted by Crippen LogP contribution is -2.28. The number of hydrogen-bond donors (Lipinski definition) is 1. The third-order valence-corrected chi connectivity index (χ3v) is 4.72. The largest absolute Gasteiger partial charge is 0.495 e. The fourth-order valence-electron chi connectivity index (χ4n) is 3.26. The van der Waals surface area contributed by atoms with Crippen molar-refractivity contribution in [2.24, 2.45) is 0 Å². The Morgan fingerprint density at radius 1 is 1.17 bits per heavy atom. The Morgan fingerprint density at radius 2 is 1.93 bits per heavy atom. The number of ether oxygens (including phenoxy) is 1. The normalized spacial score (nSPS) is 10.9. The van der Waals surface area contributed by atoms with Crippen molar-refractivity contribution in [1.82, 2.24) is 14.7 Å². The van der Waals surface area contributed by atoms with Crippen LogP contribution >= 0.6 is 0 Å². The number of anilines is 1. The van der Waals surface area contributed by atoms with Crippen LogP contribution in [0.1, 0.15) is 12.7 Å². The number of nitrogens with one attached hydrogen (secondary N) is 1. The lowest BCUT2D eigenvalue weighted by Gasteiger charge is -2.13. The summed E-state index contributed by atoms with van der Waals surface area (Å²) in [7, 11) is 1.53. The zero-order chi connectivity index (χ0) is 21.1. The van der Waals surface area contributed by atoms with Gasteiger partial charge in [0.05, 0.1) is 23.9 Å². The van der Waals surface area contributed by atoms with Gasteiger partial charge < -0.3 is 14.6 Å².